The molecule has 0 bridgehead atoms. The highest BCUT2D eigenvalue weighted by Gasteiger charge is 2.20. The number of aliphatic imine (C=N–C) groups is 1. The van der Waals surface area contributed by atoms with Crippen LogP contribution in [0.1, 0.15) is 20.3 Å². The first kappa shape index (κ1) is 18.2. The molecule has 0 unspecified atom stereocenters. The average molecular weight is 293 g/mol. The SMILES string of the molecule is CN=C(NCCOC)NCC(C)(C)CCS(C)(=O)=O. The molecule has 0 aromatic carbocycles. The second-order valence-corrected chi connectivity index (χ2v) is 7.65. The molecule has 0 aromatic heterocycles. The van der Waals surface area contributed by atoms with Crippen molar-refractivity contribution in [1.29, 1.82) is 0 Å². The first-order chi connectivity index (χ1) is 8.70. The second kappa shape index (κ2) is 8.37. The Labute approximate surface area is 116 Å². The van der Waals surface area contributed by atoms with E-state index in [9.17, 15) is 8.42 Å². The molecule has 0 fully saturated rings. The van der Waals surface area contributed by atoms with E-state index in [1.807, 2.05) is 13.8 Å². The molecule has 19 heavy (non-hydrogen) atoms. The number of ether oxygens (including phenoxy) is 1. The van der Waals surface area contributed by atoms with Gasteiger partial charge in [-0.05, 0) is 11.8 Å². The summed E-state index contributed by atoms with van der Waals surface area (Å²) in [5.74, 6) is 0.904. The van der Waals surface area contributed by atoms with Crippen molar-refractivity contribution in [2.45, 2.75) is 20.3 Å². The van der Waals surface area contributed by atoms with Crippen LogP contribution in [0.5, 0.6) is 0 Å². The maximum absolute atomic E-state index is 11.2. The summed E-state index contributed by atoms with van der Waals surface area (Å²) < 4.78 is 27.3. The largest absolute Gasteiger partial charge is 0.383 e. The van der Waals surface area contributed by atoms with Crippen LogP contribution >= 0.6 is 0 Å². The number of sulfone groups is 1. The Kier molecular flexibility index (Phi) is 8.01. The number of hydrogen-bond acceptors (Lipinski definition) is 4. The molecule has 6 nitrogen and oxygen atoms in total. The zero-order valence-electron chi connectivity index (χ0n) is 12.6. The van der Waals surface area contributed by atoms with Crippen LogP contribution in [0.25, 0.3) is 0 Å². The summed E-state index contributed by atoms with van der Waals surface area (Å²) in [6.45, 7) is 6.02. The molecule has 0 aliphatic rings. The maximum atomic E-state index is 11.2. The minimum Gasteiger partial charge on any atom is -0.383 e. The molecule has 0 aliphatic heterocycles. The lowest BCUT2D eigenvalue weighted by atomic mass is 9.90. The third kappa shape index (κ3) is 10.8. The van der Waals surface area contributed by atoms with Crippen LogP contribution in [0.4, 0.5) is 0 Å². The molecular weight excluding hydrogens is 266 g/mol. The normalized spacial score (nSPS) is 13.4. The number of methoxy groups -OCH3 is 1. The number of rotatable bonds is 8. The first-order valence-corrected chi connectivity index (χ1v) is 8.37. The van der Waals surface area contributed by atoms with Crippen LogP contribution in [-0.4, -0.2) is 60.2 Å². The predicted molar refractivity (Wildman–Crippen MR) is 79.3 cm³/mol. The molecule has 7 heteroatoms. The van der Waals surface area contributed by atoms with Crippen LogP contribution < -0.4 is 10.6 Å². The van der Waals surface area contributed by atoms with Gasteiger partial charge < -0.3 is 15.4 Å². The van der Waals surface area contributed by atoms with Gasteiger partial charge in [0.1, 0.15) is 9.84 Å². The third-order valence-corrected chi connectivity index (χ3v) is 3.65. The summed E-state index contributed by atoms with van der Waals surface area (Å²) in [5, 5.41) is 6.30. The van der Waals surface area contributed by atoms with Gasteiger partial charge in [0.2, 0.25) is 0 Å². The molecule has 0 saturated heterocycles. The van der Waals surface area contributed by atoms with E-state index in [2.05, 4.69) is 15.6 Å². The highest BCUT2D eigenvalue weighted by molar-refractivity contribution is 7.90. The molecule has 0 heterocycles. The molecule has 0 atom stereocenters. The van der Waals surface area contributed by atoms with Crippen molar-refractivity contribution in [3.8, 4) is 0 Å². The van der Waals surface area contributed by atoms with E-state index in [-0.39, 0.29) is 11.2 Å². The van der Waals surface area contributed by atoms with Gasteiger partial charge in [0, 0.05) is 33.5 Å². The van der Waals surface area contributed by atoms with Gasteiger partial charge in [-0.1, -0.05) is 13.8 Å². The van der Waals surface area contributed by atoms with E-state index in [0.29, 0.717) is 32.1 Å². The van der Waals surface area contributed by atoms with Gasteiger partial charge in [-0.2, -0.15) is 0 Å². The van der Waals surface area contributed by atoms with Crippen molar-refractivity contribution in [3.63, 3.8) is 0 Å². The van der Waals surface area contributed by atoms with Gasteiger partial charge in [-0.3, -0.25) is 4.99 Å². The van der Waals surface area contributed by atoms with Gasteiger partial charge in [0.05, 0.1) is 12.4 Å². The molecule has 0 spiro atoms. The highest BCUT2D eigenvalue weighted by Crippen LogP contribution is 2.19. The summed E-state index contributed by atoms with van der Waals surface area (Å²) in [4.78, 5) is 4.09. The van der Waals surface area contributed by atoms with E-state index in [1.165, 1.54) is 6.26 Å². The Hall–Kier alpha value is -0.820. The molecule has 0 saturated carbocycles. The van der Waals surface area contributed by atoms with Crippen LogP contribution in [0.2, 0.25) is 0 Å². The van der Waals surface area contributed by atoms with Crippen molar-refractivity contribution < 1.29 is 13.2 Å². The maximum Gasteiger partial charge on any atom is 0.191 e. The summed E-state index contributed by atoms with van der Waals surface area (Å²) in [6, 6.07) is 0. The van der Waals surface area contributed by atoms with Crippen LogP contribution in [0.3, 0.4) is 0 Å². The molecule has 0 rings (SSSR count). The van der Waals surface area contributed by atoms with Crippen molar-refractivity contribution in [3.05, 3.63) is 0 Å². The molecular formula is C12H27N3O3S. The number of guanidine groups is 1. The second-order valence-electron chi connectivity index (χ2n) is 5.39. The highest BCUT2D eigenvalue weighted by atomic mass is 32.2. The first-order valence-electron chi connectivity index (χ1n) is 6.31. The zero-order valence-corrected chi connectivity index (χ0v) is 13.4. The number of hydrogen-bond donors (Lipinski definition) is 2. The van der Waals surface area contributed by atoms with Gasteiger partial charge in [-0.25, -0.2) is 8.42 Å². The minimum absolute atomic E-state index is 0.109. The lowest BCUT2D eigenvalue weighted by Gasteiger charge is -2.25. The Morgan fingerprint density at radius 3 is 2.42 bits per heavy atom. The monoisotopic (exact) mass is 293 g/mol. The van der Waals surface area contributed by atoms with Gasteiger partial charge in [0.25, 0.3) is 0 Å². The number of nitrogens with zero attached hydrogens (tertiary/aromatic N) is 1. The van der Waals surface area contributed by atoms with E-state index < -0.39 is 9.84 Å². The van der Waals surface area contributed by atoms with E-state index in [0.717, 1.165) is 0 Å². The molecule has 114 valence electrons. The van der Waals surface area contributed by atoms with E-state index >= 15 is 0 Å². The smallest absolute Gasteiger partial charge is 0.191 e. The molecule has 2 N–H and O–H groups in total. The fraction of sp³-hybridized carbons (Fsp3) is 0.917. The summed E-state index contributed by atoms with van der Waals surface area (Å²) in [5.41, 5.74) is -0.109. The molecule has 0 amide bonds. The van der Waals surface area contributed by atoms with Crippen LogP contribution in [0, 0.1) is 5.41 Å². The van der Waals surface area contributed by atoms with Gasteiger partial charge in [-0.15, -0.1) is 0 Å². The average Bonchev–Trinajstić information content (AvgIpc) is 2.30. The topological polar surface area (TPSA) is 79.8 Å². The summed E-state index contributed by atoms with van der Waals surface area (Å²) in [6.07, 6.45) is 1.88. The van der Waals surface area contributed by atoms with Gasteiger partial charge >= 0.3 is 0 Å². The quantitative estimate of drug-likeness (QED) is 0.381. The molecule has 0 aliphatic carbocycles. The number of nitrogens with one attached hydrogen (secondary N) is 2. The lowest BCUT2D eigenvalue weighted by molar-refractivity contribution is 0.203. The van der Waals surface area contributed by atoms with Crippen LogP contribution in [0.15, 0.2) is 4.99 Å². The van der Waals surface area contributed by atoms with Crippen molar-refractivity contribution >= 4 is 15.8 Å². The molecule has 0 aromatic rings. The van der Waals surface area contributed by atoms with Crippen LogP contribution in [-0.2, 0) is 14.6 Å². The fourth-order valence-corrected chi connectivity index (χ4v) is 2.29. The van der Waals surface area contributed by atoms with Crippen molar-refractivity contribution in [1.82, 2.24) is 10.6 Å². The van der Waals surface area contributed by atoms with Gasteiger partial charge in [0.15, 0.2) is 5.96 Å². The Balaban J connectivity index is 4.13. The zero-order chi connectivity index (χ0) is 14.9. The van der Waals surface area contributed by atoms with E-state index in [4.69, 9.17) is 4.74 Å². The van der Waals surface area contributed by atoms with Crippen molar-refractivity contribution in [2.75, 3.05) is 45.9 Å². The van der Waals surface area contributed by atoms with Crippen molar-refractivity contribution in [2.24, 2.45) is 10.4 Å². The predicted octanol–water partition coefficient (Wildman–Crippen LogP) is 0.259. The Bertz CT molecular complexity index is 378. The summed E-state index contributed by atoms with van der Waals surface area (Å²) in [7, 11) is 0.436. The molecule has 0 radical (unpaired) electrons. The third-order valence-electron chi connectivity index (χ3n) is 2.71. The minimum atomic E-state index is -2.91. The summed E-state index contributed by atoms with van der Waals surface area (Å²) >= 11 is 0. The standard InChI is InChI=1S/C12H27N3O3S/c1-12(2,6-9-19(5,16)17)10-15-11(13-3)14-7-8-18-4/h6-10H2,1-5H3,(H2,13,14,15). The Morgan fingerprint density at radius 2 is 1.95 bits per heavy atom. The van der Waals surface area contributed by atoms with E-state index in [1.54, 1.807) is 14.2 Å². The fourth-order valence-electron chi connectivity index (χ4n) is 1.37. The lowest BCUT2D eigenvalue weighted by Crippen LogP contribution is -2.43. The Morgan fingerprint density at radius 1 is 1.32 bits per heavy atom.